The fraction of sp³-hybridized carbons (Fsp3) is 0.143. The average Bonchev–Trinajstić information content (AvgIpc) is 2.95. The van der Waals surface area contributed by atoms with Gasteiger partial charge in [-0.3, -0.25) is 0 Å². The molecule has 2 heterocycles. The van der Waals surface area contributed by atoms with Gasteiger partial charge in [-0.25, -0.2) is 9.48 Å². The van der Waals surface area contributed by atoms with Crippen molar-refractivity contribution in [3.8, 4) is 0 Å². The standard InChI is InChI=1S/C14H10Cl2N2O2S/c1-7-10-5-12(14(19)20)21-13(10)18(17-7)6-8-2-3-9(15)4-11(8)16/h2-5H,6H2,1H3,(H,19,20). The molecule has 0 aliphatic heterocycles. The molecule has 0 saturated heterocycles. The van der Waals surface area contributed by atoms with Crippen molar-refractivity contribution in [1.29, 1.82) is 0 Å². The summed E-state index contributed by atoms with van der Waals surface area (Å²) in [7, 11) is 0. The molecule has 2 aromatic heterocycles. The Morgan fingerprint density at radius 2 is 2.14 bits per heavy atom. The third kappa shape index (κ3) is 2.64. The molecule has 7 heteroatoms. The van der Waals surface area contributed by atoms with E-state index in [9.17, 15) is 4.79 Å². The Balaban J connectivity index is 2.06. The monoisotopic (exact) mass is 340 g/mol. The van der Waals surface area contributed by atoms with E-state index in [0.717, 1.165) is 21.5 Å². The number of carboxylic acid groups (broad SMARTS) is 1. The first kappa shape index (κ1) is 14.4. The summed E-state index contributed by atoms with van der Waals surface area (Å²) in [5.41, 5.74) is 1.69. The zero-order valence-electron chi connectivity index (χ0n) is 10.9. The number of carboxylic acids is 1. The normalized spacial score (nSPS) is 11.2. The van der Waals surface area contributed by atoms with Crippen LogP contribution in [0.3, 0.4) is 0 Å². The number of fused-ring (bicyclic) bond motifs is 1. The van der Waals surface area contributed by atoms with Crippen molar-refractivity contribution in [3.05, 3.63) is 50.4 Å². The average molecular weight is 341 g/mol. The van der Waals surface area contributed by atoms with Crippen molar-refractivity contribution < 1.29 is 9.90 Å². The molecule has 3 rings (SSSR count). The number of benzene rings is 1. The van der Waals surface area contributed by atoms with Crippen molar-refractivity contribution in [1.82, 2.24) is 9.78 Å². The zero-order chi connectivity index (χ0) is 15.1. The van der Waals surface area contributed by atoms with Crippen molar-refractivity contribution in [3.63, 3.8) is 0 Å². The number of nitrogens with zero attached hydrogens (tertiary/aromatic N) is 2. The largest absolute Gasteiger partial charge is 0.477 e. The van der Waals surface area contributed by atoms with Gasteiger partial charge in [-0.15, -0.1) is 11.3 Å². The second kappa shape index (κ2) is 5.33. The topological polar surface area (TPSA) is 55.1 Å². The summed E-state index contributed by atoms with van der Waals surface area (Å²) in [5, 5.41) is 15.6. The Labute approximate surface area is 134 Å². The summed E-state index contributed by atoms with van der Waals surface area (Å²) in [6, 6.07) is 6.96. The molecular formula is C14H10Cl2N2O2S. The first-order valence-electron chi connectivity index (χ1n) is 6.10. The number of rotatable bonds is 3. The highest BCUT2D eigenvalue weighted by Gasteiger charge is 2.16. The number of aromatic nitrogens is 2. The van der Waals surface area contributed by atoms with Crippen LogP contribution in [0.1, 0.15) is 20.9 Å². The van der Waals surface area contributed by atoms with Crippen molar-refractivity contribution in [2.24, 2.45) is 0 Å². The predicted molar refractivity (Wildman–Crippen MR) is 84.9 cm³/mol. The predicted octanol–water partition coefficient (Wildman–Crippen LogP) is 4.46. The Morgan fingerprint density at radius 1 is 1.38 bits per heavy atom. The van der Waals surface area contributed by atoms with Gasteiger partial charge in [0.25, 0.3) is 0 Å². The summed E-state index contributed by atoms with van der Waals surface area (Å²) in [5.74, 6) is -0.924. The number of halogens is 2. The van der Waals surface area contributed by atoms with E-state index in [4.69, 9.17) is 28.3 Å². The van der Waals surface area contributed by atoms with Crippen LogP contribution in [0.15, 0.2) is 24.3 Å². The van der Waals surface area contributed by atoms with Crippen LogP contribution in [0.2, 0.25) is 10.0 Å². The van der Waals surface area contributed by atoms with Gasteiger partial charge in [-0.2, -0.15) is 5.10 Å². The minimum atomic E-state index is -0.924. The molecule has 108 valence electrons. The first-order chi connectivity index (χ1) is 9.95. The summed E-state index contributed by atoms with van der Waals surface area (Å²) in [6.45, 7) is 2.33. The highest BCUT2D eigenvalue weighted by Crippen LogP contribution is 2.30. The summed E-state index contributed by atoms with van der Waals surface area (Å²) in [6.07, 6.45) is 0. The van der Waals surface area contributed by atoms with E-state index in [1.54, 1.807) is 22.9 Å². The van der Waals surface area contributed by atoms with Crippen LogP contribution in [0.25, 0.3) is 10.2 Å². The molecule has 0 atom stereocenters. The Morgan fingerprint density at radius 3 is 2.81 bits per heavy atom. The van der Waals surface area contributed by atoms with Gasteiger partial charge in [-0.1, -0.05) is 29.3 Å². The number of thiophene rings is 1. The smallest absolute Gasteiger partial charge is 0.345 e. The molecule has 0 radical (unpaired) electrons. The van der Waals surface area contributed by atoms with Gasteiger partial charge in [0.1, 0.15) is 9.71 Å². The number of carbonyl (C=O) groups is 1. The second-order valence-corrected chi connectivity index (χ2v) is 6.49. The highest BCUT2D eigenvalue weighted by atomic mass is 35.5. The third-order valence-corrected chi connectivity index (χ3v) is 4.88. The van der Waals surface area contributed by atoms with E-state index in [-0.39, 0.29) is 0 Å². The molecule has 3 aromatic rings. The lowest BCUT2D eigenvalue weighted by Crippen LogP contribution is -2.02. The maximum Gasteiger partial charge on any atom is 0.345 e. The molecule has 0 unspecified atom stereocenters. The van der Waals surface area contributed by atoms with Gasteiger partial charge >= 0.3 is 5.97 Å². The van der Waals surface area contributed by atoms with Crippen molar-refractivity contribution in [2.75, 3.05) is 0 Å². The van der Waals surface area contributed by atoms with Gasteiger partial charge in [0.2, 0.25) is 0 Å². The molecule has 21 heavy (non-hydrogen) atoms. The van der Waals surface area contributed by atoms with E-state index < -0.39 is 5.97 Å². The molecule has 4 nitrogen and oxygen atoms in total. The quantitative estimate of drug-likeness (QED) is 0.765. The van der Waals surface area contributed by atoms with Crippen LogP contribution >= 0.6 is 34.5 Å². The fourth-order valence-corrected chi connectivity index (χ4v) is 3.60. The molecule has 1 N–H and O–H groups in total. The van der Waals surface area contributed by atoms with Gasteiger partial charge in [0.05, 0.1) is 12.2 Å². The summed E-state index contributed by atoms with van der Waals surface area (Å²) >= 11 is 13.3. The maximum atomic E-state index is 11.1. The molecule has 0 aliphatic rings. The molecule has 0 saturated carbocycles. The van der Waals surface area contributed by atoms with Gasteiger partial charge in [0.15, 0.2) is 0 Å². The Hall–Kier alpha value is -1.56. The minimum Gasteiger partial charge on any atom is -0.477 e. The molecule has 0 bridgehead atoms. The van der Waals surface area contributed by atoms with Crippen LogP contribution in [-0.4, -0.2) is 20.9 Å². The van der Waals surface area contributed by atoms with E-state index >= 15 is 0 Å². The number of hydrogen-bond donors (Lipinski definition) is 1. The molecule has 0 amide bonds. The number of aryl methyl sites for hydroxylation is 1. The number of aromatic carboxylic acids is 1. The van der Waals surface area contributed by atoms with E-state index in [2.05, 4.69) is 5.10 Å². The van der Waals surface area contributed by atoms with Crippen molar-refractivity contribution in [2.45, 2.75) is 13.5 Å². The van der Waals surface area contributed by atoms with Gasteiger partial charge in [0, 0.05) is 15.4 Å². The van der Waals surface area contributed by atoms with E-state index in [1.165, 1.54) is 11.3 Å². The lowest BCUT2D eigenvalue weighted by Gasteiger charge is -2.05. The van der Waals surface area contributed by atoms with Crippen LogP contribution in [0, 0.1) is 6.92 Å². The van der Waals surface area contributed by atoms with E-state index in [1.807, 2.05) is 13.0 Å². The third-order valence-electron chi connectivity index (χ3n) is 3.15. The molecule has 0 aliphatic carbocycles. The lowest BCUT2D eigenvalue weighted by atomic mass is 10.2. The fourth-order valence-electron chi connectivity index (χ4n) is 2.14. The first-order valence-corrected chi connectivity index (χ1v) is 7.67. The van der Waals surface area contributed by atoms with Gasteiger partial charge < -0.3 is 5.11 Å². The Bertz CT molecular complexity index is 854. The minimum absolute atomic E-state index is 0.307. The highest BCUT2D eigenvalue weighted by molar-refractivity contribution is 7.20. The maximum absolute atomic E-state index is 11.1. The van der Waals surface area contributed by atoms with Crippen molar-refractivity contribution >= 4 is 50.7 Å². The van der Waals surface area contributed by atoms with E-state index in [0.29, 0.717) is 21.5 Å². The molecule has 1 aromatic carbocycles. The van der Waals surface area contributed by atoms with Crippen LogP contribution in [0.4, 0.5) is 0 Å². The zero-order valence-corrected chi connectivity index (χ0v) is 13.3. The van der Waals surface area contributed by atoms with Gasteiger partial charge in [-0.05, 0) is 30.7 Å². The van der Waals surface area contributed by atoms with Crippen LogP contribution in [-0.2, 0) is 6.54 Å². The van der Waals surface area contributed by atoms with Crippen LogP contribution in [0.5, 0.6) is 0 Å². The summed E-state index contributed by atoms with van der Waals surface area (Å²) in [4.78, 5) is 12.2. The van der Waals surface area contributed by atoms with Crippen LogP contribution < -0.4 is 0 Å². The SMILES string of the molecule is Cc1nn(Cc2ccc(Cl)cc2Cl)c2sc(C(=O)O)cc12. The molecule has 0 spiro atoms. The number of hydrogen-bond acceptors (Lipinski definition) is 3. The second-order valence-electron chi connectivity index (χ2n) is 4.61. The lowest BCUT2D eigenvalue weighted by molar-refractivity contribution is 0.0702. The summed E-state index contributed by atoms with van der Waals surface area (Å²) < 4.78 is 1.77. The Kier molecular flexibility index (Phi) is 3.65. The molecular weight excluding hydrogens is 331 g/mol. The molecule has 0 fully saturated rings.